The zero-order valence-corrected chi connectivity index (χ0v) is 25.6. The number of ether oxygens (including phenoxy) is 3. The van der Waals surface area contributed by atoms with E-state index in [0.717, 1.165) is 83.3 Å². The summed E-state index contributed by atoms with van der Waals surface area (Å²) >= 11 is 0. The minimum Gasteiger partial charge on any atom is -0.487 e. The summed E-state index contributed by atoms with van der Waals surface area (Å²) in [6, 6.07) is 13.6. The number of methoxy groups -OCH3 is 1. The van der Waals surface area contributed by atoms with Gasteiger partial charge >= 0.3 is 5.97 Å². The molecule has 45 heavy (non-hydrogen) atoms. The van der Waals surface area contributed by atoms with Crippen LogP contribution in [0.25, 0.3) is 21.9 Å². The first-order valence-electron chi connectivity index (χ1n) is 15.6. The van der Waals surface area contributed by atoms with Crippen molar-refractivity contribution < 1.29 is 24.1 Å². The molecule has 5 heterocycles. The lowest BCUT2D eigenvalue weighted by molar-refractivity contribution is -0.0586. The molecule has 2 saturated heterocycles. The normalized spacial score (nSPS) is 19.5. The Kier molecular flexibility index (Phi) is 8.22. The molecular weight excluding hydrogens is 572 g/mol. The molecule has 2 aliphatic heterocycles. The smallest absolute Gasteiger partial charge is 0.335 e. The summed E-state index contributed by atoms with van der Waals surface area (Å²) in [4.78, 5) is 24.1. The Labute approximate surface area is 261 Å². The molecule has 2 fully saturated rings. The highest BCUT2D eigenvalue weighted by molar-refractivity contribution is 5.93. The lowest BCUT2D eigenvalue weighted by Crippen LogP contribution is -2.34. The predicted molar refractivity (Wildman–Crippen MR) is 168 cm³/mol. The van der Waals surface area contributed by atoms with Crippen LogP contribution < -0.4 is 4.74 Å². The number of carboxylic acids is 1. The molecule has 0 radical (unpaired) electrons. The monoisotopic (exact) mass is 610 g/mol. The maximum atomic E-state index is 12.1. The Morgan fingerprint density at radius 3 is 2.82 bits per heavy atom. The molecule has 11 heteroatoms. The number of imidazole rings is 1. The van der Waals surface area contributed by atoms with Gasteiger partial charge in [0.25, 0.3) is 0 Å². The molecule has 0 bridgehead atoms. The van der Waals surface area contributed by atoms with Gasteiger partial charge in [0.2, 0.25) is 0 Å². The van der Waals surface area contributed by atoms with Crippen molar-refractivity contribution in [1.82, 2.24) is 29.2 Å². The van der Waals surface area contributed by atoms with Crippen LogP contribution in [-0.4, -0.2) is 66.7 Å². The van der Waals surface area contributed by atoms with E-state index in [1.165, 1.54) is 0 Å². The van der Waals surface area contributed by atoms with Gasteiger partial charge in [0.05, 0.1) is 59.0 Å². The van der Waals surface area contributed by atoms with E-state index in [-0.39, 0.29) is 23.9 Å². The number of aromatic nitrogens is 5. The van der Waals surface area contributed by atoms with E-state index in [1.807, 2.05) is 40.7 Å². The van der Waals surface area contributed by atoms with Crippen LogP contribution >= 0.6 is 0 Å². The Bertz CT molecular complexity index is 1830. The summed E-state index contributed by atoms with van der Waals surface area (Å²) in [6.07, 6.45) is 9.51. The first kappa shape index (κ1) is 29.4. The fourth-order valence-electron chi connectivity index (χ4n) is 6.48. The SMILES string of the molecule is COC(C)n1ncc2ccc(COc3cccnc3C3CCCCN3Cc3cc(C(=O)O)cc4c3ncn4CC3CCO3)cc21. The standard InChI is InChI=1S/C34H38N6O5/c1-22(43-2)40-29-14-23(8-9-24(29)17-37-40)20-45-31-7-5-11-35-33(31)28-6-3-4-12-38(28)18-26-15-25(34(41)42)16-30-32(26)36-21-39(30)19-27-10-13-44-27/h5,7-9,11,14-17,21-22,27-28H,3-4,6,10,12-13,18-20H2,1-2H3,(H,41,42). The molecule has 0 aliphatic carbocycles. The van der Waals surface area contributed by atoms with E-state index in [9.17, 15) is 9.90 Å². The fraction of sp³-hybridized carbons (Fsp3) is 0.412. The summed E-state index contributed by atoms with van der Waals surface area (Å²) in [5, 5.41) is 15.5. The van der Waals surface area contributed by atoms with Crippen molar-refractivity contribution in [2.75, 3.05) is 20.3 Å². The number of hydrogen-bond donors (Lipinski definition) is 1. The Hall–Kier alpha value is -4.32. The third kappa shape index (κ3) is 5.90. The van der Waals surface area contributed by atoms with E-state index in [1.54, 1.807) is 25.6 Å². The number of benzene rings is 2. The summed E-state index contributed by atoms with van der Waals surface area (Å²) in [5.74, 6) is -0.193. The van der Waals surface area contributed by atoms with E-state index >= 15 is 0 Å². The van der Waals surface area contributed by atoms with Crippen LogP contribution in [0.1, 0.15) is 72.1 Å². The van der Waals surface area contributed by atoms with Gasteiger partial charge in [-0.1, -0.05) is 18.6 Å². The van der Waals surface area contributed by atoms with Crippen molar-refractivity contribution in [2.24, 2.45) is 0 Å². The Morgan fingerprint density at radius 2 is 2.02 bits per heavy atom. The fourth-order valence-corrected chi connectivity index (χ4v) is 6.48. The van der Waals surface area contributed by atoms with E-state index in [4.69, 9.17) is 24.2 Å². The highest BCUT2D eigenvalue weighted by atomic mass is 16.5. The largest absolute Gasteiger partial charge is 0.487 e. The van der Waals surface area contributed by atoms with Crippen LogP contribution in [-0.2, 0) is 29.2 Å². The lowest BCUT2D eigenvalue weighted by atomic mass is 9.96. The van der Waals surface area contributed by atoms with Gasteiger partial charge in [-0.15, -0.1) is 0 Å². The first-order chi connectivity index (χ1) is 22.0. The van der Waals surface area contributed by atoms with E-state index in [2.05, 4.69) is 28.2 Å². The second-order valence-electron chi connectivity index (χ2n) is 12.0. The van der Waals surface area contributed by atoms with Gasteiger partial charge in [0.15, 0.2) is 0 Å². The minimum absolute atomic E-state index is 0.0235. The zero-order valence-electron chi connectivity index (χ0n) is 25.6. The molecule has 3 aromatic heterocycles. The van der Waals surface area contributed by atoms with Crippen LogP contribution in [0.5, 0.6) is 5.75 Å². The Balaban J connectivity index is 1.15. The Morgan fingerprint density at radius 1 is 1.13 bits per heavy atom. The molecule has 0 spiro atoms. The first-order valence-corrected chi connectivity index (χ1v) is 15.6. The van der Waals surface area contributed by atoms with Crippen molar-refractivity contribution in [2.45, 2.75) is 70.7 Å². The van der Waals surface area contributed by atoms with Gasteiger partial charge in [0.1, 0.15) is 18.6 Å². The topological polar surface area (TPSA) is 117 Å². The highest BCUT2D eigenvalue weighted by Crippen LogP contribution is 2.37. The number of nitrogens with zero attached hydrogens (tertiary/aromatic N) is 6. The summed E-state index contributed by atoms with van der Waals surface area (Å²) in [5.41, 5.74) is 5.75. The second-order valence-corrected chi connectivity index (χ2v) is 12.0. The molecule has 7 rings (SSSR count). The van der Waals surface area contributed by atoms with Crippen LogP contribution in [0.3, 0.4) is 0 Å². The molecule has 2 aliphatic rings. The molecule has 234 valence electrons. The third-order valence-electron chi connectivity index (χ3n) is 9.09. The van der Waals surface area contributed by atoms with Gasteiger partial charge in [-0.3, -0.25) is 9.88 Å². The summed E-state index contributed by atoms with van der Waals surface area (Å²) in [6.45, 7) is 5.22. The quantitative estimate of drug-likeness (QED) is 0.200. The predicted octanol–water partition coefficient (Wildman–Crippen LogP) is 5.74. The number of rotatable bonds is 11. The number of piperidine rings is 1. The maximum absolute atomic E-state index is 12.1. The van der Waals surface area contributed by atoms with Crippen molar-refractivity contribution >= 4 is 27.9 Å². The number of fused-ring (bicyclic) bond motifs is 2. The summed E-state index contributed by atoms with van der Waals surface area (Å²) < 4.78 is 21.5. The molecule has 0 amide bonds. The van der Waals surface area contributed by atoms with Crippen LogP contribution in [0.4, 0.5) is 0 Å². The van der Waals surface area contributed by atoms with Crippen LogP contribution in [0.2, 0.25) is 0 Å². The van der Waals surface area contributed by atoms with E-state index in [0.29, 0.717) is 19.7 Å². The minimum atomic E-state index is -0.945. The summed E-state index contributed by atoms with van der Waals surface area (Å²) in [7, 11) is 1.67. The van der Waals surface area contributed by atoms with Gasteiger partial charge < -0.3 is 23.9 Å². The average molecular weight is 611 g/mol. The average Bonchev–Trinajstić information content (AvgIpc) is 3.66. The molecule has 11 nitrogen and oxygen atoms in total. The van der Waals surface area contributed by atoms with Gasteiger partial charge in [0, 0.05) is 31.8 Å². The van der Waals surface area contributed by atoms with Crippen LogP contribution in [0.15, 0.2) is 61.2 Å². The van der Waals surface area contributed by atoms with Gasteiger partial charge in [-0.25, -0.2) is 14.5 Å². The lowest BCUT2D eigenvalue weighted by Gasteiger charge is -2.36. The molecule has 0 saturated carbocycles. The van der Waals surface area contributed by atoms with Crippen molar-refractivity contribution in [3.8, 4) is 5.75 Å². The number of hydrogen-bond acceptors (Lipinski definition) is 8. The molecule has 3 atom stereocenters. The third-order valence-corrected chi connectivity index (χ3v) is 9.09. The molecule has 2 aromatic carbocycles. The van der Waals surface area contributed by atoms with Gasteiger partial charge in [-0.2, -0.15) is 5.10 Å². The number of aromatic carboxylic acids is 1. The van der Waals surface area contributed by atoms with E-state index < -0.39 is 5.97 Å². The van der Waals surface area contributed by atoms with Crippen molar-refractivity contribution in [1.29, 1.82) is 0 Å². The van der Waals surface area contributed by atoms with Gasteiger partial charge in [-0.05, 0) is 74.2 Å². The molecule has 1 N–H and O–H groups in total. The number of pyridine rings is 1. The van der Waals surface area contributed by atoms with Crippen molar-refractivity contribution in [3.05, 3.63) is 83.6 Å². The van der Waals surface area contributed by atoms with Crippen LogP contribution in [0, 0.1) is 0 Å². The zero-order chi connectivity index (χ0) is 30.9. The molecular formula is C34H38N6O5. The number of carbonyl (C=O) groups is 1. The maximum Gasteiger partial charge on any atom is 0.335 e. The molecule has 5 aromatic rings. The highest BCUT2D eigenvalue weighted by Gasteiger charge is 2.29. The van der Waals surface area contributed by atoms with Crippen molar-refractivity contribution in [3.63, 3.8) is 0 Å². The number of carboxylic acid groups (broad SMARTS) is 1. The molecule has 3 unspecified atom stereocenters. The second kappa shape index (κ2) is 12.6. The number of likely N-dealkylation sites (tertiary alicyclic amines) is 1.